The lowest BCUT2D eigenvalue weighted by molar-refractivity contribution is 0.673. The minimum atomic E-state index is 0.359. The quantitative estimate of drug-likeness (QED) is 0.236. The minimum absolute atomic E-state index is 0.359. The van der Waals surface area contributed by atoms with E-state index in [4.69, 9.17) is 39.2 Å². The molecular formula is C24H12Cl3NO. The molecule has 0 N–H and O–H groups in total. The lowest BCUT2D eigenvalue weighted by Gasteiger charge is -2.10. The number of nitrogens with zero attached hydrogens (tertiary/aromatic N) is 1. The number of hydrogen-bond acceptors (Lipinski definition) is 1. The molecule has 140 valence electrons. The first kappa shape index (κ1) is 17.2. The molecule has 0 unspecified atom stereocenters. The molecule has 0 spiro atoms. The molecule has 0 radical (unpaired) electrons. The van der Waals surface area contributed by atoms with Crippen LogP contribution in [0.1, 0.15) is 0 Å². The van der Waals surface area contributed by atoms with Crippen molar-refractivity contribution < 1.29 is 4.42 Å². The van der Waals surface area contributed by atoms with E-state index in [1.807, 2.05) is 42.5 Å². The predicted octanol–water partition coefficient (Wildman–Crippen LogP) is 8.64. The molecule has 5 heteroatoms. The topological polar surface area (TPSA) is 18.1 Å². The van der Waals surface area contributed by atoms with Gasteiger partial charge in [0, 0.05) is 21.8 Å². The Balaban J connectivity index is 1.83. The first-order valence-corrected chi connectivity index (χ1v) is 10.2. The Morgan fingerprint density at radius 3 is 2.14 bits per heavy atom. The van der Waals surface area contributed by atoms with Crippen LogP contribution in [0.15, 0.2) is 77.2 Å². The predicted molar refractivity (Wildman–Crippen MR) is 123 cm³/mol. The van der Waals surface area contributed by atoms with Gasteiger partial charge in [-0.2, -0.15) is 0 Å². The van der Waals surface area contributed by atoms with Crippen LogP contribution in [-0.2, 0) is 0 Å². The van der Waals surface area contributed by atoms with Crippen molar-refractivity contribution in [2.24, 2.45) is 0 Å². The van der Waals surface area contributed by atoms with Gasteiger partial charge in [-0.3, -0.25) is 0 Å². The molecule has 2 aromatic heterocycles. The van der Waals surface area contributed by atoms with E-state index in [1.54, 1.807) is 0 Å². The largest absolute Gasteiger partial charge is 0.455 e. The molecule has 0 atom stereocenters. The number of aromatic nitrogens is 1. The van der Waals surface area contributed by atoms with Crippen LogP contribution in [0.25, 0.3) is 49.4 Å². The van der Waals surface area contributed by atoms with Crippen LogP contribution < -0.4 is 0 Å². The molecule has 0 saturated heterocycles. The SMILES string of the molecule is Clc1cc(-n2c3ccccc3c3c4oc5ccccc5c4ccc32)cc(Cl)c1Cl. The molecule has 0 aliphatic rings. The van der Waals surface area contributed by atoms with Gasteiger partial charge in [0.15, 0.2) is 0 Å². The summed E-state index contributed by atoms with van der Waals surface area (Å²) in [6, 6.07) is 24.3. The Hall–Kier alpha value is -2.65. The molecule has 4 aromatic carbocycles. The number of benzene rings is 4. The molecule has 0 amide bonds. The van der Waals surface area contributed by atoms with Crippen molar-refractivity contribution in [3.63, 3.8) is 0 Å². The fourth-order valence-electron chi connectivity index (χ4n) is 4.18. The summed E-state index contributed by atoms with van der Waals surface area (Å²) in [5, 5.41) is 5.58. The summed E-state index contributed by atoms with van der Waals surface area (Å²) < 4.78 is 8.45. The van der Waals surface area contributed by atoms with Gasteiger partial charge in [-0.15, -0.1) is 0 Å². The summed E-state index contributed by atoms with van der Waals surface area (Å²) in [7, 11) is 0. The maximum absolute atomic E-state index is 6.34. The third-order valence-corrected chi connectivity index (χ3v) is 6.60. The van der Waals surface area contributed by atoms with Crippen molar-refractivity contribution in [2.75, 3.05) is 0 Å². The average Bonchev–Trinajstić information content (AvgIpc) is 3.27. The molecule has 6 rings (SSSR count). The number of fused-ring (bicyclic) bond motifs is 7. The van der Waals surface area contributed by atoms with Crippen LogP contribution in [0.3, 0.4) is 0 Å². The number of hydrogen-bond donors (Lipinski definition) is 0. The van der Waals surface area contributed by atoms with Gasteiger partial charge in [-0.25, -0.2) is 0 Å². The van der Waals surface area contributed by atoms with Gasteiger partial charge in [0.05, 0.1) is 31.5 Å². The van der Waals surface area contributed by atoms with E-state index in [9.17, 15) is 0 Å². The molecule has 0 aliphatic heterocycles. The van der Waals surface area contributed by atoms with Gasteiger partial charge in [-0.05, 0) is 36.4 Å². The molecule has 2 nitrogen and oxygen atoms in total. The van der Waals surface area contributed by atoms with Gasteiger partial charge in [0.25, 0.3) is 0 Å². The summed E-state index contributed by atoms with van der Waals surface area (Å²) in [6.07, 6.45) is 0. The summed E-state index contributed by atoms with van der Waals surface area (Å²) in [4.78, 5) is 0. The molecule has 29 heavy (non-hydrogen) atoms. The number of halogens is 3. The summed E-state index contributed by atoms with van der Waals surface area (Å²) >= 11 is 18.9. The fourth-order valence-corrected chi connectivity index (χ4v) is 4.77. The molecule has 2 heterocycles. The second-order valence-corrected chi connectivity index (χ2v) is 8.20. The van der Waals surface area contributed by atoms with E-state index in [0.717, 1.165) is 49.4 Å². The third-order valence-electron chi connectivity index (χ3n) is 5.41. The Morgan fingerprint density at radius 2 is 1.34 bits per heavy atom. The number of rotatable bonds is 1. The maximum Gasteiger partial charge on any atom is 0.145 e. The molecule has 6 aromatic rings. The average molecular weight is 437 g/mol. The van der Waals surface area contributed by atoms with Crippen LogP contribution in [0.4, 0.5) is 0 Å². The Morgan fingerprint density at radius 1 is 0.655 bits per heavy atom. The highest BCUT2D eigenvalue weighted by molar-refractivity contribution is 6.48. The number of furan rings is 1. The smallest absolute Gasteiger partial charge is 0.145 e. The Bertz CT molecular complexity index is 1570. The first-order chi connectivity index (χ1) is 14.1. The number of para-hydroxylation sites is 2. The van der Waals surface area contributed by atoms with Crippen LogP contribution in [0, 0.1) is 0 Å². The van der Waals surface area contributed by atoms with Gasteiger partial charge >= 0.3 is 0 Å². The lowest BCUT2D eigenvalue weighted by atomic mass is 10.1. The first-order valence-electron chi connectivity index (χ1n) is 9.12. The lowest BCUT2D eigenvalue weighted by Crippen LogP contribution is -1.94. The summed E-state index contributed by atoms with van der Waals surface area (Å²) in [6.45, 7) is 0. The normalized spacial score (nSPS) is 12.0. The van der Waals surface area contributed by atoms with Crippen molar-refractivity contribution in [3.05, 3.63) is 87.9 Å². The van der Waals surface area contributed by atoms with E-state index in [-0.39, 0.29) is 0 Å². The zero-order valence-electron chi connectivity index (χ0n) is 14.9. The molecule has 0 aliphatic carbocycles. The van der Waals surface area contributed by atoms with Crippen molar-refractivity contribution in [1.29, 1.82) is 0 Å². The molecule has 0 saturated carbocycles. The van der Waals surface area contributed by atoms with Crippen molar-refractivity contribution in [3.8, 4) is 5.69 Å². The van der Waals surface area contributed by atoms with E-state index in [1.165, 1.54) is 0 Å². The summed E-state index contributed by atoms with van der Waals surface area (Å²) in [5.74, 6) is 0. The monoisotopic (exact) mass is 435 g/mol. The van der Waals surface area contributed by atoms with E-state index < -0.39 is 0 Å². The van der Waals surface area contributed by atoms with Crippen molar-refractivity contribution in [1.82, 2.24) is 4.57 Å². The highest BCUT2D eigenvalue weighted by Crippen LogP contribution is 2.41. The van der Waals surface area contributed by atoms with Crippen LogP contribution >= 0.6 is 34.8 Å². The maximum atomic E-state index is 6.34. The highest BCUT2D eigenvalue weighted by atomic mass is 35.5. The highest BCUT2D eigenvalue weighted by Gasteiger charge is 2.19. The molecular weight excluding hydrogens is 425 g/mol. The van der Waals surface area contributed by atoms with Gasteiger partial charge in [0.2, 0.25) is 0 Å². The minimum Gasteiger partial charge on any atom is -0.455 e. The summed E-state index contributed by atoms with van der Waals surface area (Å²) in [5.41, 5.74) is 4.68. The Labute approximate surface area is 180 Å². The second-order valence-electron chi connectivity index (χ2n) is 7.01. The Kier molecular flexibility index (Phi) is 3.67. The molecule has 0 bridgehead atoms. The van der Waals surface area contributed by atoms with Crippen LogP contribution in [0.5, 0.6) is 0 Å². The van der Waals surface area contributed by atoms with Gasteiger partial charge in [-0.1, -0.05) is 71.2 Å². The zero-order valence-corrected chi connectivity index (χ0v) is 17.2. The van der Waals surface area contributed by atoms with Crippen molar-refractivity contribution in [2.45, 2.75) is 0 Å². The van der Waals surface area contributed by atoms with Gasteiger partial charge in [0.1, 0.15) is 11.2 Å². The second kappa shape index (κ2) is 6.17. The van der Waals surface area contributed by atoms with E-state index >= 15 is 0 Å². The van der Waals surface area contributed by atoms with E-state index in [0.29, 0.717) is 15.1 Å². The van der Waals surface area contributed by atoms with Crippen LogP contribution in [-0.4, -0.2) is 4.57 Å². The zero-order chi connectivity index (χ0) is 19.7. The van der Waals surface area contributed by atoms with Gasteiger partial charge < -0.3 is 8.98 Å². The van der Waals surface area contributed by atoms with E-state index in [2.05, 4.69) is 34.9 Å². The standard InChI is InChI=1S/C24H12Cl3NO/c25-17-11-13(12-18(26)23(17)27)28-19-7-3-1-6-16(19)22-20(28)10-9-15-14-5-2-4-8-21(14)29-24(15)22/h1-12H. The van der Waals surface area contributed by atoms with Crippen LogP contribution in [0.2, 0.25) is 15.1 Å². The molecule has 0 fully saturated rings. The third kappa shape index (κ3) is 2.37. The fraction of sp³-hybridized carbons (Fsp3) is 0. The van der Waals surface area contributed by atoms with Crippen molar-refractivity contribution >= 4 is 78.5 Å².